The summed E-state index contributed by atoms with van der Waals surface area (Å²) in [5, 5.41) is 0. The average molecular weight is 275 g/mol. The van der Waals surface area contributed by atoms with Crippen LogP contribution in [-0.4, -0.2) is 63.2 Å². The van der Waals surface area contributed by atoms with Crippen LogP contribution in [0.2, 0.25) is 0 Å². The van der Waals surface area contributed by atoms with Crippen molar-refractivity contribution >= 4 is 5.69 Å². The van der Waals surface area contributed by atoms with E-state index in [4.69, 9.17) is 0 Å². The van der Waals surface area contributed by atoms with Gasteiger partial charge in [-0.2, -0.15) is 0 Å². The zero-order chi connectivity index (χ0) is 14.5. The van der Waals surface area contributed by atoms with Crippen molar-refractivity contribution in [3.8, 4) is 0 Å². The average Bonchev–Trinajstić information content (AvgIpc) is 2.46. The van der Waals surface area contributed by atoms with Gasteiger partial charge >= 0.3 is 0 Å². The molecule has 20 heavy (non-hydrogen) atoms. The van der Waals surface area contributed by atoms with E-state index in [0.717, 1.165) is 19.5 Å². The van der Waals surface area contributed by atoms with Gasteiger partial charge in [0.1, 0.15) is 0 Å². The van der Waals surface area contributed by atoms with Gasteiger partial charge in [-0.1, -0.05) is 19.1 Å². The minimum absolute atomic E-state index is 0.643. The van der Waals surface area contributed by atoms with Gasteiger partial charge in [-0.25, -0.2) is 0 Å². The summed E-state index contributed by atoms with van der Waals surface area (Å²) in [7, 11) is 6.55. The second-order valence-corrected chi connectivity index (χ2v) is 6.19. The summed E-state index contributed by atoms with van der Waals surface area (Å²) in [6, 6.07) is 9.84. The number of rotatable bonds is 5. The molecule has 0 saturated carbocycles. The zero-order valence-electron chi connectivity index (χ0n) is 13.5. The van der Waals surface area contributed by atoms with E-state index < -0.39 is 0 Å². The minimum Gasteiger partial charge on any atom is -0.369 e. The third-order valence-electron chi connectivity index (χ3n) is 4.48. The van der Waals surface area contributed by atoms with Gasteiger partial charge in [-0.15, -0.1) is 0 Å². The number of nitrogens with zero attached hydrogens (tertiary/aromatic N) is 3. The molecule has 0 aliphatic carbocycles. The van der Waals surface area contributed by atoms with Gasteiger partial charge in [0.05, 0.1) is 0 Å². The van der Waals surface area contributed by atoms with E-state index in [0.29, 0.717) is 6.04 Å². The molecule has 0 amide bonds. The van der Waals surface area contributed by atoms with E-state index in [-0.39, 0.29) is 0 Å². The number of piperazine rings is 1. The molecule has 1 atom stereocenters. The maximum Gasteiger partial charge on any atom is 0.0367 e. The SMILES string of the molecule is CCC(Cc1ccc(N2CCN(C)CC2)cc1)N(C)C. The van der Waals surface area contributed by atoms with Gasteiger partial charge in [0, 0.05) is 37.9 Å². The van der Waals surface area contributed by atoms with E-state index in [1.807, 2.05) is 0 Å². The smallest absolute Gasteiger partial charge is 0.0367 e. The Morgan fingerprint density at radius 3 is 2.15 bits per heavy atom. The highest BCUT2D eigenvalue weighted by Crippen LogP contribution is 2.18. The molecular weight excluding hydrogens is 246 g/mol. The lowest BCUT2D eigenvalue weighted by Crippen LogP contribution is -2.44. The Balaban J connectivity index is 1.96. The van der Waals surface area contributed by atoms with Crippen LogP contribution in [0.15, 0.2) is 24.3 Å². The predicted molar refractivity (Wildman–Crippen MR) is 87.6 cm³/mol. The molecule has 0 spiro atoms. The van der Waals surface area contributed by atoms with Crippen molar-refractivity contribution in [1.29, 1.82) is 0 Å². The van der Waals surface area contributed by atoms with E-state index in [1.54, 1.807) is 0 Å². The second kappa shape index (κ2) is 7.09. The van der Waals surface area contributed by atoms with E-state index in [9.17, 15) is 0 Å². The maximum absolute atomic E-state index is 2.49. The number of likely N-dealkylation sites (N-methyl/N-ethyl adjacent to an activating group) is 2. The number of anilines is 1. The van der Waals surface area contributed by atoms with Crippen LogP contribution >= 0.6 is 0 Å². The molecule has 0 aromatic heterocycles. The Labute approximate surface area is 124 Å². The van der Waals surface area contributed by atoms with Crippen LogP contribution in [0.25, 0.3) is 0 Å². The molecule has 0 bridgehead atoms. The van der Waals surface area contributed by atoms with Crippen LogP contribution in [0.1, 0.15) is 18.9 Å². The Morgan fingerprint density at radius 1 is 1.05 bits per heavy atom. The molecule has 0 N–H and O–H groups in total. The first kappa shape index (κ1) is 15.3. The molecule has 3 heteroatoms. The van der Waals surface area contributed by atoms with Crippen molar-refractivity contribution in [2.75, 3.05) is 52.2 Å². The summed E-state index contributed by atoms with van der Waals surface area (Å²) < 4.78 is 0. The zero-order valence-corrected chi connectivity index (χ0v) is 13.5. The molecule has 3 nitrogen and oxygen atoms in total. The second-order valence-electron chi connectivity index (χ2n) is 6.19. The summed E-state index contributed by atoms with van der Waals surface area (Å²) in [6.07, 6.45) is 2.35. The van der Waals surface area contributed by atoms with E-state index in [2.05, 4.69) is 67.0 Å². The van der Waals surface area contributed by atoms with Crippen LogP contribution in [0.5, 0.6) is 0 Å². The van der Waals surface area contributed by atoms with E-state index in [1.165, 1.54) is 30.8 Å². The van der Waals surface area contributed by atoms with Crippen LogP contribution in [0.3, 0.4) is 0 Å². The quantitative estimate of drug-likeness (QED) is 0.816. The lowest BCUT2D eigenvalue weighted by atomic mass is 10.0. The van der Waals surface area contributed by atoms with Crippen molar-refractivity contribution in [2.45, 2.75) is 25.8 Å². The molecular formula is C17H29N3. The number of hydrogen-bond donors (Lipinski definition) is 0. The monoisotopic (exact) mass is 275 g/mol. The molecule has 1 aliphatic heterocycles. The number of hydrogen-bond acceptors (Lipinski definition) is 3. The van der Waals surface area contributed by atoms with Crippen molar-refractivity contribution in [1.82, 2.24) is 9.80 Å². The van der Waals surface area contributed by atoms with Gasteiger partial charge in [0.2, 0.25) is 0 Å². The lowest BCUT2D eigenvalue weighted by molar-refractivity contribution is 0.284. The molecule has 1 saturated heterocycles. The fourth-order valence-electron chi connectivity index (χ4n) is 2.87. The highest BCUT2D eigenvalue weighted by Gasteiger charge is 2.14. The minimum atomic E-state index is 0.643. The summed E-state index contributed by atoms with van der Waals surface area (Å²) in [5.74, 6) is 0. The molecule has 1 aliphatic rings. The van der Waals surface area contributed by atoms with Crippen LogP contribution < -0.4 is 4.90 Å². The Kier molecular flexibility index (Phi) is 5.44. The fourth-order valence-corrected chi connectivity index (χ4v) is 2.87. The maximum atomic E-state index is 2.49. The van der Waals surface area contributed by atoms with E-state index >= 15 is 0 Å². The van der Waals surface area contributed by atoms with Crippen molar-refractivity contribution < 1.29 is 0 Å². The molecule has 1 heterocycles. The molecule has 1 aromatic rings. The molecule has 0 radical (unpaired) electrons. The van der Waals surface area contributed by atoms with Gasteiger partial charge < -0.3 is 14.7 Å². The van der Waals surface area contributed by atoms with Crippen LogP contribution in [-0.2, 0) is 6.42 Å². The molecule has 1 unspecified atom stereocenters. The fraction of sp³-hybridized carbons (Fsp3) is 0.647. The summed E-state index contributed by atoms with van der Waals surface area (Å²) >= 11 is 0. The van der Waals surface area contributed by atoms with Crippen molar-refractivity contribution in [2.24, 2.45) is 0 Å². The summed E-state index contributed by atoms with van der Waals surface area (Å²) in [5.41, 5.74) is 2.82. The normalized spacial score (nSPS) is 18.6. The highest BCUT2D eigenvalue weighted by atomic mass is 15.2. The van der Waals surface area contributed by atoms with Crippen LogP contribution in [0.4, 0.5) is 5.69 Å². The van der Waals surface area contributed by atoms with Gasteiger partial charge in [-0.3, -0.25) is 0 Å². The highest BCUT2D eigenvalue weighted by molar-refractivity contribution is 5.48. The molecule has 2 rings (SSSR count). The summed E-state index contributed by atoms with van der Waals surface area (Å²) in [6.45, 7) is 6.89. The molecule has 112 valence electrons. The third-order valence-corrected chi connectivity index (χ3v) is 4.48. The van der Waals surface area contributed by atoms with Crippen molar-refractivity contribution in [3.05, 3.63) is 29.8 Å². The van der Waals surface area contributed by atoms with Gasteiger partial charge in [-0.05, 0) is 51.7 Å². The van der Waals surface area contributed by atoms with Gasteiger partial charge in [0.25, 0.3) is 0 Å². The first-order valence-corrected chi connectivity index (χ1v) is 7.79. The first-order valence-electron chi connectivity index (χ1n) is 7.79. The Hall–Kier alpha value is -1.06. The largest absolute Gasteiger partial charge is 0.369 e. The predicted octanol–water partition coefficient (Wildman–Crippen LogP) is 2.32. The topological polar surface area (TPSA) is 9.72 Å². The van der Waals surface area contributed by atoms with Crippen LogP contribution in [0, 0.1) is 0 Å². The summed E-state index contributed by atoms with van der Waals surface area (Å²) in [4.78, 5) is 7.22. The first-order chi connectivity index (χ1) is 9.60. The lowest BCUT2D eigenvalue weighted by Gasteiger charge is -2.34. The van der Waals surface area contributed by atoms with Gasteiger partial charge in [0.15, 0.2) is 0 Å². The third kappa shape index (κ3) is 3.97. The number of benzene rings is 1. The van der Waals surface area contributed by atoms with Crippen molar-refractivity contribution in [3.63, 3.8) is 0 Å². The Morgan fingerprint density at radius 2 is 1.65 bits per heavy atom. The Bertz CT molecular complexity index is 391. The molecule has 1 fully saturated rings. The molecule has 1 aromatic carbocycles. The standard InChI is InChI=1S/C17H29N3/c1-5-16(18(2)3)14-15-6-8-17(9-7-15)20-12-10-19(4)11-13-20/h6-9,16H,5,10-14H2,1-4H3.